The third-order valence-corrected chi connectivity index (χ3v) is 4.78. The van der Waals surface area contributed by atoms with Gasteiger partial charge in [-0.05, 0) is 47.6 Å². The van der Waals surface area contributed by atoms with Crippen molar-refractivity contribution in [1.82, 2.24) is 0 Å². The summed E-state index contributed by atoms with van der Waals surface area (Å²) in [7, 11) is 0. The van der Waals surface area contributed by atoms with E-state index in [0.29, 0.717) is 5.92 Å². The second-order valence-corrected chi connectivity index (χ2v) is 6.50. The van der Waals surface area contributed by atoms with Crippen LogP contribution in [0.3, 0.4) is 0 Å². The Morgan fingerprint density at radius 2 is 1.78 bits per heavy atom. The molecule has 2 rings (SSSR count). The smallest absolute Gasteiger partial charge is 0.0818 e. The Labute approximate surface area is 111 Å². The highest BCUT2D eigenvalue weighted by atomic mass is 16.3. The van der Waals surface area contributed by atoms with Gasteiger partial charge in [-0.2, -0.15) is 0 Å². The summed E-state index contributed by atoms with van der Waals surface area (Å²) in [5.41, 5.74) is 2.66. The molecule has 0 heterocycles. The Morgan fingerprint density at radius 3 is 2.22 bits per heavy atom. The van der Waals surface area contributed by atoms with Crippen LogP contribution in [-0.2, 0) is 5.41 Å². The number of hydrogen-bond donors (Lipinski definition) is 1. The van der Waals surface area contributed by atoms with Crippen LogP contribution in [0.1, 0.15) is 64.2 Å². The maximum absolute atomic E-state index is 10.4. The van der Waals surface area contributed by atoms with E-state index in [1.54, 1.807) is 0 Å². The minimum Gasteiger partial charge on any atom is -0.388 e. The third kappa shape index (κ3) is 2.77. The van der Waals surface area contributed by atoms with Gasteiger partial charge in [-0.3, -0.25) is 0 Å². The number of aliphatic hydroxyl groups excluding tert-OH is 1. The van der Waals surface area contributed by atoms with Gasteiger partial charge in [0, 0.05) is 0 Å². The first kappa shape index (κ1) is 13.6. The summed E-state index contributed by atoms with van der Waals surface area (Å²) in [4.78, 5) is 0. The van der Waals surface area contributed by atoms with Crippen LogP contribution in [-0.4, -0.2) is 5.11 Å². The molecule has 1 aromatic rings. The number of hydrogen-bond acceptors (Lipinski definition) is 1. The molecule has 2 atom stereocenters. The maximum atomic E-state index is 10.4. The molecule has 0 spiro atoms. The molecule has 1 aliphatic carbocycles. The molecule has 1 N–H and O–H groups in total. The van der Waals surface area contributed by atoms with E-state index in [9.17, 15) is 5.11 Å². The lowest BCUT2D eigenvalue weighted by Gasteiger charge is -2.25. The van der Waals surface area contributed by atoms with E-state index in [4.69, 9.17) is 0 Å². The average molecular weight is 246 g/mol. The SMILES string of the molecule is CCC(C)(C)c1ccc(C(O)C(C)C2CC2)cc1. The van der Waals surface area contributed by atoms with Gasteiger partial charge >= 0.3 is 0 Å². The molecule has 1 heteroatoms. The maximum Gasteiger partial charge on any atom is 0.0818 e. The largest absolute Gasteiger partial charge is 0.388 e. The number of benzene rings is 1. The van der Waals surface area contributed by atoms with Gasteiger partial charge in [-0.15, -0.1) is 0 Å². The normalized spacial score (nSPS) is 19.6. The summed E-state index contributed by atoms with van der Waals surface area (Å²) in [6, 6.07) is 8.58. The summed E-state index contributed by atoms with van der Waals surface area (Å²) in [6.45, 7) is 8.93. The van der Waals surface area contributed by atoms with E-state index in [1.165, 1.54) is 18.4 Å². The molecule has 1 aromatic carbocycles. The highest BCUT2D eigenvalue weighted by Gasteiger charge is 2.33. The van der Waals surface area contributed by atoms with Gasteiger partial charge in [0.15, 0.2) is 0 Å². The van der Waals surface area contributed by atoms with E-state index >= 15 is 0 Å². The van der Waals surface area contributed by atoms with Crippen LogP contribution in [0.4, 0.5) is 0 Å². The van der Waals surface area contributed by atoms with Crippen LogP contribution in [0.15, 0.2) is 24.3 Å². The first-order valence-corrected chi connectivity index (χ1v) is 7.24. The van der Waals surface area contributed by atoms with Crippen molar-refractivity contribution < 1.29 is 5.11 Å². The van der Waals surface area contributed by atoms with Crippen molar-refractivity contribution in [3.63, 3.8) is 0 Å². The second kappa shape index (κ2) is 5.05. The zero-order valence-electron chi connectivity index (χ0n) is 12.1. The topological polar surface area (TPSA) is 20.2 Å². The van der Waals surface area contributed by atoms with Crippen LogP contribution < -0.4 is 0 Å². The number of aliphatic hydroxyl groups is 1. The van der Waals surface area contributed by atoms with Crippen molar-refractivity contribution in [2.45, 2.75) is 58.5 Å². The molecule has 2 unspecified atom stereocenters. The molecule has 1 saturated carbocycles. The zero-order valence-corrected chi connectivity index (χ0v) is 12.1. The summed E-state index contributed by atoms with van der Waals surface area (Å²) in [5, 5.41) is 10.4. The average Bonchev–Trinajstić information content (AvgIpc) is 3.21. The predicted molar refractivity (Wildman–Crippen MR) is 76.6 cm³/mol. The molecular formula is C17H26O. The molecule has 0 saturated heterocycles. The van der Waals surface area contributed by atoms with Crippen molar-refractivity contribution in [3.8, 4) is 0 Å². The van der Waals surface area contributed by atoms with Crippen LogP contribution in [0, 0.1) is 11.8 Å². The summed E-state index contributed by atoms with van der Waals surface area (Å²) >= 11 is 0. The fourth-order valence-corrected chi connectivity index (χ4v) is 2.52. The fraction of sp³-hybridized carbons (Fsp3) is 0.647. The Hall–Kier alpha value is -0.820. The number of rotatable bonds is 5. The van der Waals surface area contributed by atoms with Gasteiger partial charge in [-0.25, -0.2) is 0 Å². The lowest BCUT2D eigenvalue weighted by Crippen LogP contribution is -2.16. The third-order valence-electron chi connectivity index (χ3n) is 4.78. The van der Waals surface area contributed by atoms with Crippen molar-refractivity contribution in [2.75, 3.05) is 0 Å². The van der Waals surface area contributed by atoms with E-state index in [2.05, 4.69) is 52.0 Å². The van der Waals surface area contributed by atoms with Gasteiger partial charge in [-0.1, -0.05) is 52.0 Å². The van der Waals surface area contributed by atoms with Crippen molar-refractivity contribution in [1.29, 1.82) is 0 Å². The zero-order chi connectivity index (χ0) is 13.3. The van der Waals surface area contributed by atoms with E-state index < -0.39 is 0 Å². The molecular weight excluding hydrogens is 220 g/mol. The molecule has 1 nitrogen and oxygen atoms in total. The Morgan fingerprint density at radius 1 is 1.22 bits per heavy atom. The van der Waals surface area contributed by atoms with Gasteiger partial charge in [0.1, 0.15) is 0 Å². The summed E-state index contributed by atoms with van der Waals surface area (Å²) < 4.78 is 0. The Kier molecular flexibility index (Phi) is 3.82. The van der Waals surface area contributed by atoms with Gasteiger partial charge in [0.2, 0.25) is 0 Å². The first-order valence-electron chi connectivity index (χ1n) is 7.24. The fourth-order valence-electron chi connectivity index (χ4n) is 2.52. The summed E-state index contributed by atoms with van der Waals surface area (Å²) in [5.74, 6) is 1.14. The second-order valence-electron chi connectivity index (χ2n) is 6.50. The van der Waals surface area contributed by atoms with Crippen molar-refractivity contribution in [3.05, 3.63) is 35.4 Å². The molecule has 1 fully saturated rings. The first-order chi connectivity index (χ1) is 8.45. The van der Waals surface area contributed by atoms with Crippen molar-refractivity contribution >= 4 is 0 Å². The van der Waals surface area contributed by atoms with Crippen LogP contribution in [0.5, 0.6) is 0 Å². The monoisotopic (exact) mass is 246 g/mol. The highest BCUT2D eigenvalue weighted by molar-refractivity contribution is 5.29. The molecule has 0 bridgehead atoms. The Bertz CT molecular complexity index is 387. The molecule has 0 aromatic heterocycles. The minimum absolute atomic E-state index is 0.228. The molecule has 0 amide bonds. The van der Waals surface area contributed by atoms with E-state index in [0.717, 1.165) is 17.9 Å². The molecule has 0 radical (unpaired) electrons. The van der Waals surface area contributed by atoms with E-state index in [1.807, 2.05) is 0 Å². The Balaban J connectivity index is 2.11. The quantitative estimate of drug-likeness (QED) is 0.813. The van der Waals surface area contributed by atoms with Crippen molar-refractivity contribution in [2.24, 2.45) is 11.8 Å². The van der Waals surface area contributed by atoms with Crippen LogP contribution in [0.25, 0.3) is 0 Å². The highest BCUT2D eigenvalue weighted by Crippen LogP contribution is 2.42. The van der Waals surface area contributed by atoms with Gasteiger partial charge in [0.25, 0.3) is 0 Å². The van der Waals surface area contributed by atoms with Gasteiger partial charge < -0.3 is 5.11 Å². The predicted octanol–water partition coefficient (Wildman–Crippen LogP) is 4.45. The molecule has 100 valence electrons. The standard InChI is InChI=1S/C17H26O/c1-5-17(3,4)15-10-8-14(9-11-15)16(18)12(2)13-6-7-13/h8-13,16,18H,5-7H2,1-4H3. The molecule has 0 aliphatic heterocycles. The molecule has 1 aliphatic rings. The van der Waals surface area contributed by atoms with Gasteiger partial charge in [0.05, 0.1) is 6.10 Å². The minimum atomic E-state index is -0.295. The van der Waals surface area contributed by atoms with Crippen LogP contribution in [0.2, 0.25) is 0 Å². The van der Waals surface area contributed by atoms with E-state index in [-0.39, 0.29) is 11.5 Å². The lowest BCUT2D eigenvalue weighted by molar-refractivity contribution is 0.106. The molecule has 18 heavy (non-hydrogen) atoms. The summed E-state index contributed by atoms with van der Waals surface area (Å²) in [6.07, 6.45) is 3.42. The van der Waals surface area contributed by atoms with Crippen LogP contribution >= 0.6 is 0 Å². The lowest BCUT2D eigenvalue weighted by atomic mass is 9.81.